The van der Waals surface area contributed by atoms with E-state index < -0.39 is 20.9 Å². The van der Waals surface area contributed by atoms with Crippen LogP contribution in [0.4, 0.5) is 11.4 Å². The molecule has 0 atom stereocenters. The van der Waals surface area contributed by atoms with Crippen molar-refractivity contribution in [1.29, 1.82) is 0 Å². The zero-order valence-corrected chi connectivity index (χ0v) is 14.8. The Morgan fingerprint density at radius 3 is 2.28 bits per heavy atom. The Balaban J connectivity index is 2.22. The van der Waals surface area contributed by atoms with Crippen molar-refractivity contribution in [2.75, 3.05) is 19.4 Å². The Labute approximate surface area is 149 Å². The summed E-state index contributed by atoms with van der Waals surface area (Å²) in [5.41, 5.74) is 0.0771. The van der Waals surface area contributed by atoms with Gasteiger partial charge in [0.2, 0.25) is 10.0 Å². The van der Waals surface area contributed by atoms with Crippen LogP contribution in [0, 0.1) is 10.1 Å². The minimum atomic E-state index is -3.59. The molecule has 0 spiro atoms. The Morgan fingerprint density at radius 2 is 1.76 bits per heavy atom. The van der Waals surface area contributed by atoms with E-state index in [1.807, 2.05) is 0 Å². The van der Waals surface area contributed by atoms with Crippen LogP contribution < -0.4 is 5.32 Å². The van der Waals surface area contributed by atoms with Crippen LogP contribution in [0.5, 0.6) is 0 Å². The Kier molecular flexibility index (Phi) is 5.41. The fourth-order valence-corrected chi connectivity index (χ4v) is 3.01. The molecule has 0 heterocycles. The summed E-state index contributed by atoms with van der Waals surface area (Å²) in [6.45, 7) is 0. The van der Waals surface area contributed by atoms with Crippen molar-refractivity contribution in [3.05, 3.63) is 63.2 Å². The van der Waals surface area contributed by atoms with Gasteiger partial charge in [-0.15, -0.1) is 0 Å². The first kappa shape index (κ1) is 18.8. The third-order valence-corrected chi connectivity index (χ3v) is 5.44. The van der Waals surface area contributed by atoms with E-state index in [-0.39, 0.29) is 26.9 Å². The molecule has 0 aliphatic carbocycles. The van der Waals surface area contributed by atoms with E-state index in [0.717, 1.165) is 10.4 Å². The number of carbonyl (C=O) groups is 1. The van der Waals surface area contributed by atoms with Gasteiger partial charge in [-0.1, -0.05) is 11.6 Å². The van der Waals surface area contributed by atoms with Crippen LogP contribution in [0.15, 0.2) is 47.4 Å². The molecule has 0 aliphatic rings. The zero-order chi connectivity index (χ0) is 18.8. The van der Waals surface area contributed by atoms with E-state index in [4.69, 9.17) is 11.6 Å². The molecule has 0 aromatic heterocycles. The first-order valence-electron chi connectivity index (χ1n) is 6.91. The number of carbonyl (C=O) groups excluding carboxylic acids is 1. The number of halogens is 1. The van der Waals surface area contributed by atoms with Gasteiger partial charge in [-0.3, -0.25) is 14.9 Å². The molecule has 132 valence electrons. The van der Waals surface area contributed by atoms with E-state index in [2.05, 4.69) is 5.32 Å². The van der Waals surface area contributed by atoms with Gasteiger partial charge in [0.25, 0.3) is 11.6 Å². The summed E-state index contributed by atoms with van der Waals surface area (Å²) in [6, 6.07) is 9.22. The second kappa shape index (κ2) is 7.18. The topological polar surface area (TPSA) is 110 Å². The summed E-state index contributed by atoms with van der Waals surface area (Å²) >= 11 is 5.72. The molecule has 10 heteroatoms. The van der Waals surface area contributed by atoms with Crippen molar-refractivity contribution in [3.8, 4) is 0 Å². The fraction of sp³-hybridized carbons (Fsp3) is 0.133. The van der Waals surface area contributed by atoms with Crippen molar-refractivity contribution >= 4 is 38.9 Å². The zero-order valence-electron chi connectivity index (χ0n) is 13.3. The molecule has 0 saturated carbocycles. The molecule has 1 amide bonds. The molecule has 0 unspecified atom stereocenters. The summed E-state index contributed by atoms with van der Waals surface area (Å²) in [4.78, 5) is 22.5. The summed E-state index contributed by atoms with van der Waals surface area (Å²) in [6.07, 6.45) is 0. The summed E-state index contributed by atoms with van der Waals surface area (Å²) in [7, 11) is -0.774. The summed E-state index contributed by atoms with van der Waals surface area (Å²) in [5.74, 6) is -0.537. The maximum Gasteiger partial charge on any atom is 0.289 e. The third-order valence-electron chi connectivity index (χ3n) is 3.30. The van der Waals surface area contributed by atoms with Crippen LogP contribution in [0.25, 0.3) is 0 Å². The molecular weight excluding hydrogens is 370 g/mol. The monoisotopic (exact) mass is 383 g/mol. The van der Waals surface area contributed by atoms with Gasteiger partial charge in [-0.2, -0.15) is 0 Å². The summed E-state index contributed by atoms with van der Waals surface area (Å²) in [5, 5.41) is 13.3. The number of nitro benzene ring substituents is 1. The first-order valence-corrected chi connectivity index (χ1v) is 8.72. The van der Waals surface area contributed by atoms with E-state index in [1.54, 1.807) is 0 Å². The number of amides is 1. The highest BCUT2D eigenvalue weighted by Crippen LogP contribution is 2.27. The van der Waals surface area contributed by atoms with Gasteiger partial charge < -0.3 is 5.32 Å². The Morgan fingerprint density at radius 1 is 1.16 bits per heavy atom. The number of rotatable bonds is 5. The molecule has 25 heavy (non-hydrogen) atoms. The van der Waals surface area contributed by atoms with Crippen molar-refractivity contribution < 1.29 is 18.1 Å². The second-order valence-electron chi connectivity index (χ2n) is 5.19. The maximum absolute atomic E-state index is 12.2. The standard InChI is InChI=1S/C15H14ClN3O5S/c1-18(2)25(23,24)12-6-3-10(4-7-12)15(20)17-11-5-8-13(16)14(9-11)19(21)22/h3-9H,1-2H3,(H,17,20). The third kappa shape index (κ3) is 4.13. The van der Waals surface area contributed by atoms with Gasteiger partial charge in [0.1, 0.15) is 5.02 Å². The number of sulfonamides is 1. The number of nitrogens with one attached hydrogen (secondary N) is 1. The average molecular weight is 384 g/mol. The van der Waals surface area contributed by atoms with E-state index in [1.165, 1.54) is 50.5 Å². The predicted octanol–water partition coefficient (Wildman–Crippen LogP) is 2.75. The number of hydrogen-bond donors (Lipinski definition) is 1. The molecule has 2 aromatic carbocycles. The Bertz CT molecular complexity index is 927. The highest BCUT2D eigenvalue weighted by atomic mass is 35.5. The lowest BCUT2D eigenvalue weighted by molar-refractivity contribution is -0.384. The van der Waals surface area contributed by atoms with Gasteiger partial charge in [-0.25, -0.2) is 12.7 Å². The molecule has 0 fully saturated rings. The maximum atomic E-state index is 12.2. The van der Waals surface area contributed by atoms with Crippen LogP contribution in [0.2, 0.25) is 5.02 Å². The molecular formula is C15H14ClN3O5S. The lowest BCUT2D eigenvalue weighted by atomic mass is 10.2. The van der Waals surface area contributed by atoms with Crippen molar-refractivity contribution in [1.82, 2.24) is 4.31 Å². The normalized spacial score (nSPS) is 11.4. The van der Waals surface area contributed by atoms with Gasteiger partial charge in [-0.05, 0) is 36.4 Å². The van der Waals surface area contributed by atoms with E-state index >= 15 is 0 Å². The van der Waals surface area contributed by atoms with Crippen molar-refractivity contribution in [2.45, 2.75) is 4.90 Å². The molecule has 0 aliphatic heterocycles. The molecule has 2 aromatic rings. The lowest BCUT2D eigenvalue weighted by Crippen LogP contribution is -2.22. The largest absolute Gasteiger partial charge is 0.322 e. The average Bonchev–Trinajstić information content (AvgIpc) is 2.56. The van der Waals surface area contributed by atoms with Crippen LogP contribution >= 0.6 is 11.6 Å². The quantitative estimate of drug-likeness (QED) is 0.630. The highest BCUT2D eigenvalue weighted by Gasteiger charge is 2.18. The van der Waals surface area contributed by atoms with Gasteiger partial charge >= 0.3 is 0 Å². The molecule has 0 saturated heterocycles. The van der Waals surface area contributed by atoms with Gasteiger partial charge in [0.15, 0.2) is 0 Å². The first-order chi connectivity index (χ1) is 11.6. The molecule has 0 radical (unpaired) electrons. The minimum absolute atomic E-state index is 0.0405. The van der Waals surface area contributed by atoms with Crippen LogP contribution in [0.1, 0.15) is 10.4 Å². The van der Waals surface area contributed by atoms with Crippen LogP contribution in [0.3, 0.4) is 0 Å². The van der Waals surface area contributed by atoms with Gasteiger partial charge in [0.05, 0.1) is 9.82 Å². The molecule has 8 nitrogen and oxygen atoms in total. The van der Waals surface area contributed by atoms with Crippen LogP contribution in [-0.2, 0) is 10.0 Å². The van der Waals surface area contributed by atoms with Crippen molar-refractivity contribution in [3.63, 3.8) is 0 Å². The minimum Gasteiger partial charge on any atom is -0.322 e. The highest BCUT2D eigenvalue weighted by molar-refractivity contribution is 7.89. The summed E-state index contributed by atoms with van der Waals surface area (Å²) < 4.78 is 25.0. The number of hydrogen-bond acceptors (Lipinski definition) is 5. The number of anilines is 1. The molecule has 0 bridgehead atoms. The number of nitro groups is 1. The predicted molar refractivity (Wildman–Crippen MR) is 93.4 cm³/mol. The van der Waals surface area contributed by atoms with E-state index in [0.29, 0.717) is 0 Å². The van der Waals surface area contributed by atoms with Crippen LogP contribution in [-0.4, -0.2) is 37.6 Å². The van der Waals surface area contributed by atoms with E-state index in [9.17, 15) is 23.3 Å². The SMILES string of the molecule is CN(C)S(=O)(=O)c1ccc(C(=O)Nc2ccc(Cl)c([N+](=O)[O-])c2)cc1. The smallest absolute Gasteiger partial charge is 0.289 e. The number of benzene rings is 2. The second-order valence-corrected chi connectivity index (χ2v) is 7.75. The number of nitrogens with zero attached hydrogens (tertiary/aromatic N) is 2. The Hall–Kier alpha value is -2.49. The fourth-order valence-electron chi connectivity index (χ4n) is 1.92. The lowest BCUT2D eigenvalue weighted by Gasteiger charge is -2.11. The molecule has 1 N–H and O–H groups in total. The molecule has 2 rings (SSSR count). The van der Waals surface area contributed by atoms with Crippen molar-refractivity contribution in [2.24, 2.45) is 0 Å². The van der Waals surface area contributed by atoms with Gasteiger partial charge in [0, 0.05) is 31.4 Å².